The van der Waals surface area contributed by atoms with E-state index in [0.717, 1.165) is 29.1 Å². The number of thioether (sulfide) groups is 1. The molecule has 0 N–H and O–H groups in total. The quantitative estimate of drug-likeness (QED) is 0.581. The van der Waals surface area contributed by atoms with Gasteiger partial charge in [0.2, 0.25) is 4.08 Å². The van der Waals surface area contributed by atoms with Crippen LogP contribution in [0.15, 0.2) is 24.3 Å². The van der Waals surface area contributed by atoms with Crippen molar-refractivity contribution in [3.8, 4) is 12.3 Å². The lowest BCUT2D eigenvalue weighted by atomic mass is 9.86. The van der Waals surface area contributed by atoms with Crippen molar-refractivity contribution in [2.24, 2.45) is 5.41 Å². The normalized spacial score (nSPS) is 27.8. The lowest BCUT2D eigenvalue weighted by Gasteiger charge is -2.46. The molecule has 0 saturated carbocycles. The molecular weight excluding hydrogens is 272 g/mol. The van der Waals surface area contributed by atoms with Crippen molar-refractivity contribution >= 4 is 22.9 Å². The minimum atomic E-state index is -0.854. The lowest BCUT2D eigenvalue weighted by molar-refractivity contribution is 0.352. The zero-order chi connectivity index (χ0) is 14.1. The third-order valence-electron chi connectivity index (χ3n) is 3.52. The van der Waals surface area contributed by atoms with Gasteiger partial charge in [0, 0.05) is 28.7 Å². The topological polar surface area (TPSA) is 23.1 Å². The fraction of sp³-hybridized carbons (Fsp3) is 0.500. The number of rotatable bonds is 1. The number of terminal acetylenes is 1. The van der Waals surface area contributed by atoms with E-state index >= 15 is 0 Å². The molecular formula is C16H20OS2. The second kappa shape index (κ2) is 5.44. The standard InChI is InChI=1S/C16H20OS2/c1-5-13-7-9-14(10-8-13)16(15(2,3)4)18-11-6-12-19(16)17/h1,7-10H,6,11-12H2,2-4H3. The predicted octanol–water partition coefficient (Wildman–Crippen LogP) is 3.75. The van der Waals surface area contributed by atoms with Crippen molar-refractivity contribution in [2.45, 2.75) is 31.3 Å². The highest BCUT2D eigenvalue weighted by Crippen LogP contribution is 2.56. The van der Waals surface area contributed by atoms with E-state index in [2.05, 4.69) is 38.8 Å². The summed E-state index contributed by atoms with van der Waals surface area (Å²) in [4.78, 5) is 0. The van der Waals surface area contributed by atoms with Gasteiger partial charge in [-0.25, -0.2) is 0 Å². The van der Waals surface area contributed by atoms with E-state index in [4.69, 9.17) is 6.42 Å². The Morgan fingerprint density at radius 1 is 1.32 bits per heavy atom. The van der Waals surface area contributed by atoms with E-state index in [0.29, 0.717) is 0 Å². The highest BCUT2D eigenvalue weighted by molar-refractivity contribution is 8.14. The van der Waals surface area contributed by atoms with E-state index in [1.807, 2.05) is 23.9 Å². The van der Waals surface area contributed by atoms with E-state index in [9.17, 15) is 4.55 Å². The fourth-order valence-electron chi connectivity index (χ4n) is 2.61. The molecule has 1 aromatic carbocycles. The maximum atomic E-state index is 12.8. The van der Waals surface area contributed by atoms with Crippen molar-refractivity contribution < 1.29 is 4.55 Å². The van der Waals surface area contributed by atoms with Crippen LogP contribution in [0.2, 0.25) is 0 Å². The first-order valence-electron chi connectivity index (χ1n) is 6.51. The molecule has 1 aliphatic rings. The summed E-state index contributed by atoms with van der Waals surface area (Å²) in [6.07, 6.45) is 6.45. The van der Waals surface area contributed by atoms with Gasteiger partial charge in [0.1, 0.15) is 5.75 Å². The van der Waals surface area contributed by atoms with Gasteiger partial charge in [0.25, 0.3) is 0 Å². The molecule has 0 radical (unpaired) electrons. The molecule has 1 nitrogen and oxygen atoms in total. The molecule has 0 bridgehead atoms. The van der Waals surface area contributed by atoms with Crippen LogP contribution >= 0.6 is 11.8 Å². The van der Waals surface area contributed by atoms with Crippen LogP contribution in [0, 0.1) is 17.8 Å². The Balaban J connectivity index is 2.51. The van der Waals surface area contributed by atoms with E-state index < -0.39 is 11.2 Å². The molecule has 1 aromatic rings. The van der Waals surface area contributed by atoms with Crippen LogP contribution in [-0.2, 0) is 15.3 Å². The van der Waals surface area contributed by atoms with Crippen LogP contribution in [-0.4, -0.2) is 16.1 Å². The molecule has 1 fully saturated rings. The van der Waals surface area contributed by atoms with Crippen LogP contribution in [0.3, 0.4) is 0 Å². The van der Waals surface area contributed by atoms with Crippen LogP contribution in [0.4, 0.5) is 0 Å². The van der Waals surface area contributed by atoms with Gasteiger partial charge in [-0.15, -0.1) is 6.42 Å². The third kappa shape index (κ3) is 2.54. The SMILES string of the molecule is C#Cc1ccc(C2(C(C)(C)C)SCCC[S+]2[O-])cc1. The van der Waals surface area contributed by atoms with Gasteiger partial charge in [0.05, 0.1) is 0 Å². The Hall–Kier alpha value is -0.560. The molecule has 2 unspecified atom stereocenters. The highest BCUT2D eigenvalue weighted by atomic mass is 32.3. The minimum Gasteiger partial charge on any atom is -0.615 e. The summed E-state index contributed by atoms with van der Waals surface area (Å²) in [6, 6.07) is 8.01. The average Bonchev–Trinajstić information content (AvgIpc) is 2.38. The monoisotopic (exact) mass is 292 g/mol. The third-order valence-corrected chi connectivity index (χ3v) is 8.33. The molecule has 2 atom stereocenters. The predicted molar refractivity (Wildman–Crippen MR) is 85.6 cm³/mol. The van der Waals surface area contributed by atoms with E-state index in [-0.39, 0.29) is 9.49 Å². The van der Waals surface area contributed by atoms with Gasteiger partial charge in [-0.1, -0.05) is 50.6 Å². The Labute approximate surface area is 123 Å². The van der Waals surface area contributed by atoms with Gasteiger partial charge in [-0.05, 0) is 23.3 Å². The van der Waals surface area contributed by atoms with Gasteiger partial charge in [0.15, 0.2) is 0 Å². The first-order valence-corrected chi connectivity index (χ1v) is 8.82. The highest BCUT2D eigenvalue weighted by Gasteiger charge is 2.55. The van der Waals surface area contributed by atoms with Crippen molar-refractivity contribution in [3.05, 3.63) is 35.4 Å². The maximum Gasteiger partial charge on any atom is 0.200 e. The van der Waals surface area contributed by atoms with Crippen LogP contribution in [0.1, 0.15) is 38.3 Å². The molecule has 0 aromatic heterocycles. The summed E-state index contributed by atoms with van der Waals surface area (Å²) >= 11 is 0.986. The second-order valence-electron chi connectivity index (χ2n) is 5.84. The number of hydrogen-bond acceptors (Lipinski definition) is 2. The summed E-state index contributed by atoms with van der Waals surface area (Å²) in [5.41, 5.74) is 1.96. The van der Waals surface area contributed by atoms with Gasteiger partial charge < -0.3 is 4.55 Å². The number of benzene rings is 1. The van der Waals surface area contributed by atoms with Crippen molar-refractivity contribution in [1.82, 2.24) is 0 Å². The molecule has 1 heterocycles. The zero-order valence-electron chi connectivity index (χ0n) is 11.7. The first kappa shape index (κ1) is 14.8. The molecule has 0 aliphatic carbocycles. The Bertz CT molecular complexity index is 481. The summed E-state index contributed by atoms with van der Waals surface area (Å²) in [7, 11) is 0. The Morgan fingerprint density at radius 2 is 1.95 bits per heavy atom. The summed E-state index contributed by atoms with van der Waals surface area (Å²) < 4.78 is 12.4. The Morgan fingerprint density at radius 3 is 2.42 bits per heavy atom. The van der Waals surface area contributed by atoms with Gasteiger partial charge >= 0.3 is 0 Å². The zero-order valence-corrected chi connectivity index (χ0v) is 13.4. The molecule has 3 heteroatoms. The van der Waals surface area contributed by atoms with Crippen LogP contribution in [0.25, 0.3) is 0 Å². The summed E-state index contributed by atoms with van der Waals surface area (Å²) in [5.74, 6) is 4.50. The van der Waals surface area contributed by atoms with E-state index in [1.54, 1.807) is 0 Å². The molecule has 1 saturated heterocycles. The molecule has 102 valence electrons. The Kier molecular flexibility index (Phi) is 4.25. The summed E-state index contributed by atoms with van der Waals surface area (Å²) in [6.45, 7) is 6.54. The molecule has 1 aliphatic heterocycles. The van der Waals surface area contributed by atoms with Crippen molar-refractivity contribution in [1.29, 1.82) is 0 Å². The first-order chi connectivity index (χ1) is 8.91. The minimum absolute atomic E-state index is 0.0550. The smallest absolute Gasteiger partial charge is 0.200 e. The number of hydrogen-bond donors (Lipinski definition) is 0. The summed E-state index contributed by atoms with van der Waals surface area (Å²) in [5, 5.41) is 0. The van der Waals surface area contributed by atoms with Gasteiger partial charge in [-0.3, -0.25) is 0 Å². The van der Waals surface area contributed by atoms with Crippen LogP contribution < -0.4 is 0 Å². The largest absolute Gasteiger partial charge is 0.615 e. The molecule has 0 spiro atoms. The van der Waals surface area contributed by atoms with Crippen LogP contribution in [0.5, 0.6) is 0 Å². The molecule has 19 heavy (non-hydrogen) atoms. The lowest BCUT2D eigenvalue weighted by Crippen LogP contribution is -2.48. The van der Waals surface area contributed by atoms with Crippen molar-refractivity contribution in [3.63, 3.8) is 0 Å². The fourth-order valence-corrected chi connectivity index (χ4v) is 6.90. The maximum absolute atomic E-state index is 12.8. The average molecular weight is 292 g/mol. The second-order valence-corrected chi connectivity index (χ2v) is 9.12. The van der Waals surface area contributed by atoms with E-state index in [1.165, 1.54) is 0 Å². The molecule has 0 amide bonds. The van der Waals surface area contributed by atoms with Gasteiger partial charge in [-0.2, -0.15) is 0 Å². The van der Waals surface area contributed by atoms with Crippen molar-refractivity contribution in [2.75, 3.05) is 11.5 Å². The molecule has 2 rings (SSSR count).